The summed E-state index contributed by atoms with van der Waals surface area (Å²) in [6, 6.07) is 8.69. The first-order chi connectivity index (χ1) is 10.7. The van der Waals surface area contributed by atoms with E-state index in [2.05, 4.69) is 10.6 Å². The highest BCUT2D eigenvalue weighted by atomic mass is 32.1. The number of nitrogens with one attached hydrogen (secondary N) is 2. The minimum atomic E-state index is 0.00845. The standard InChI is InChI=1S/C16H18N2O3S/c1-20-15-7-4-12(21-15)13-5-6-14(22-13)16(19)18-11-8-9-2-3-10(11)17-9/h4-7,9-11,17H,2-3,8H2,1H3,(H,18,19). The Balaban J connectivity index is 1.45. The lowest BCUT2D eigenvalue weighted by Gasteiger charge is -2.20. The smallest absolute Gasteiger partial charge is 0.284 e. The Morgan fingerprint density at radius 3 is 2.95 bits per heavy atom. The van der Waals surface area contributed by atoms with Crippen LogP contribution in [0.1, 0.15) is 28.9 Å². The Labute approximate surface area is 132 Å². The van der Waals surface area contributed by atoms with Crippen LogP contribution in [0.3, 0.4) is 0 Å². The molecule has 3 atom stereocenters. The van der Waals surface area contributed by atoms with E-state index in [9.17, 15) is 4.79 Å². The second-order valence-electron chi connectivity index (χ2n) is 5.85. The van der Waals surface area contributed by atoms with E-state index in [4.69, 9.17) is 9.15 Å². The van der Waals surface area contributed by atoms with Gasteiger partial charge in [0.1, 0.15) is 5.76 Å². The van der Waals surface area contributed by atoms with Gasteiger partial charge in [-0.2, -0.15) is 0 Å². The lowest BCUT2D eigenvalue weighted by atomic mass is 9.95. The third-order valence-electron chi connectivity index (χ3n) is 4.47. The average molecular weight is 318 g/mol. The van der Waals surface area contributed by atoms with Crippen LogP contribution in [0.5, 0.6) is 5.95 Å². The van der Waals surface area contributed by atoms with Gasteiger partial charge in [0.25, 0.3) is 11.9 Å². The molecule has 0 spiro atoms. The fourth-order valence-corrected chi connectivity index (χ4v) is 4.25. The van der Waals surface area contributed by atoms with E-state index >= 15 is 0 Å². The topological polar surface area (TPSA) is 63.5 Å². The summed E-state index contributed by atoms with van der Waals surface area (Å²) in [6.07, 6.45) is 3.45. The van der Waals surface area contributed by atoms with Gasteiger partial charge in [0.15, 0.2) is 0 Å². The summed E-state index contributed by atoms with van der Waals surface area (Å²) in [4.78, 5) is 14.0. The quantitative estimate of drug-likeness (QED) is 0.910. The molecule has 3 unspecified atom stereocenters. The number of ether oxygens (including phenoxy) is 1. The first kappa shape index (κ1) is 13.8. The summed E-state index contributed by atoms with van der Waals surface area (Å²) in [5, 5.41) is 6.70. The second-order valence-corrected chi connectivity index (χ2v) is 6.93. The van der Waals surface area contributed by atoms with Crippen molar-refractivity contribution in [2.75, 3.05) is 7.11 Å². The predicted octanol–water partition coefficient (Wildman–Crippen LogP) is 2.64. The van der Waals surface area contributed by atoms with Gasteiger partial charge in [-0.05, 0) is 37.5 Å². The van der Waals surface area contributed by atoms with E-state index in [0.717, 1.165) is 23.5 Å². The zero-order valence-electron chi connectivity index (χ0n) is 12.3. The maximum atomic E-state index is 12.4. The molecule has 5 nitrogen and oxygen atoms in total. The Hall–Kier alpha value is -1.79. The summed E-state index contributed by atoms with van der Waals surface area (Å²) in [7, 11) is 1.57. The van der Waals surface area contributed by atoms with E-state index in [-0.39, 0.29) is 11.9 Å². The molecule has 2 N–H and O–H groups in total. The number of hydrogen-bond acceptors (Lipinski definition) is 5. The maximum absolute atomic E-state index is 12.4. The Morgan fingerprint density at radius 1 is 1.36 bits per heavy atom. The normalized spacial score (nSPS) is 26.3. The number of fused-ring (bicyclic) bond motifs is 2. The van der Waals surface area contributed by atoms with Crippen LogP contribution in [0.4, 0.5) is 0 Å². The molecule has 2 fully saturated rings. The Morgan fingerprint density at radius 2 is 2.27 bits per heavy atom. The Bertz CT molecular complexity index is 693. The maximum Gasteiger partial charge on any atom is 0.284 e. The molecule has 2 aromatic rings. The van der Waals surface area contributed by atoms with Crippen molar-refractivity contribution in [2.24, 2.45) is 0 Å². The number of carbonyl (C=O) groups excluding carboxylic acids is 1. The SMILES string of the molecule is COc1ccc(-c2ccc(C(=O)NC3CC4CCC3N4)s2)o1. The highest BCUT2D eigenvalue weighted by molar-refractivity contribution is 7.17. The average Bonchev–Trinajstić information content (AvgIpc) is 3.28. The van der Waals surface area contributed by atoms with E-state index < -0.39 is 0 Å². The van der Waals surface area contributed by atoms with Crippen LogP contribution in [0.25, 0.3) is 10.6 Å². The predicted molar refractivity (Wildman–Crippen MR) is 84.4 cm³/mol. The van der Waals surface area contributed by atoms with Gasteiger partial charge < -0.3 is 19.8 Å². The third-order valence-corrected chi connectivity index (χ3v) is 5.57. The van der Waals surface area contributed by atoms with E-state index in [1.165, 1.54) is 17.8 Å². The number of furan rings is 1. The molecule has 2 bridgehead atoms. The van der Waals surface area contributed by atoms with Crippen LogP contribution >= 0.6 is 11.3 Å². The molecule has 2 aliphatic rings. The van der Waals surface area contributed by atoms with Gasteiger partial charge >= 0.3 is 0 Å². The van der Waals surface area contributed by atoms with Crippen LogP contribution < -0.4 is 15.4 Å². The van der Waals surface area contributed by atoms with Crippen molar-refractivity contribution in [3.05, 3.63) is 29.1 Å². The van der Waals surface area contributed by atoms with Crippen LogP contribution in [0.2, 0.25) is 0 Å². The molecule has 1 amide bonds. The Kier molecular flexibility index (Phi) is 3.43. The van der Waals surface area contributed by atoms with Crippen molar-refractivity contribution in [2.45, 2.75) is 37.4 Å². The molecule has 2 saturated heterocycles. The molecule has 2 aromatic heterocycles. The third kappa shape index (κ3) is 2.42. The van der Waals surface area contributed by atoms with Gasteiger partial charge in [-0.3, -0.25) is 4.79 Å². The molecule has 4 rings (SSSR count). The van der Waals surface area contributed by atoms with E-state index in [1.807, 2.05) is 18.2 Å². The lowest BCUT2D eigenvalue weighted by Crippen LogP contribution is -2.42. The second kappa shape index (κ2) is 5.44. The zero-order chi connectivity index (χ0) is 15.1. The molecule has 6 heteroatoms. The van der Waals surface area contributed by atoms with E-state index in [0.29, 0.717) is 22.9 Å². The van der Waals surface area contributed by atoms with Gasteiger partial charge in [-0.15, -0.1) is 11.3 Å². The van der Waals surface area contributed by atoms with Crippen LogP contribution in [-0.4, -0.2) is 31.1 Å². The molecule has 0 saturated carbocycles. The lowest BCUT2D eigenvalue weighted by molar-refractivity contribution is 0.0935. The summed E-state index contributed by atoms with van der Waals surface area (Å²) >= 11 is 1.44. The fourth-order valence-electron chi connectivity index (χ4n) is 3.38. The largest absolute Gasteiger partial charge is 0.468 e. The van der Waals surface area contributed by atoms with Crippen molar-refractivity contribution in [3.63, 3.8) is 0 Å². The zero-order valence-corrected chi connectivity index (χ0v) is 13.1. The summed E-state index contributed by atoms with van der Waals surface area (Å²) in [6.45, 7) is 0. The summed E-state index contributed by atoms with van der Waals surface area (Å²) < 4.78 is 10.6. The number of thiophene rings is 1. The van der Waals surface area contributed by atoms with Gasteiger partial charge in [-0.1, -0.05) is 0 Å². The minimum absolute atomic E-state index is 0.00845. The first-order valence-corrected chi connectivity index (χ1v) is 8.35. The molecule has 0 aliphatic carbocycles. The molecule has 0 radical (unpaired) electrons. The van der Waals surface area contributed by atoms with Gasteiger partial charge in [-0.25, -0.2) is 0 Å². The highest BCUT2D eigenvalue weighted by Gasteiger charge is 2.39. The van der Waals surface area contributed by atoms with Crippen molar-refractivity contribution in [3.8, 4) is 16.6 Å². The molecule has 4 heterocycles. The van der Waals surface area contributed by atoms with Crippen LogP contribution in [0.15, 0.2) is 28.7 Å². The number of methoxy groups -OCH3 is 1. The van der Waals surface area contributed by atoms with E-state index in [1.54, 1.807) is 13.2 Å². The van der Waals surface area contributed by atoms with Gasteiger partial charge in [0.05, 0.1) is 16.9 Å². The van der Waals surface area contributed by atoms with Crippen molar-refractivity contribution >= 4 is 17.2 Å². The monoisotopic (exact) mass is 318 g/mol. The molecular formula is C16H18N2O3S. The molecule has 116 valence electrons. The van der Waals surface area contributed by atoms with Crippen molar-refractivity contribution in [1.29, 1.82) is 0 Å². The number of hydrogen-bond donors (Lipinski definition) is 2. The van der Waals surface area contributed by atoms with Crippen molar-refractivity contribution < 1.29 is 13.9 Å². The van der Waals surface area contributed by atoms with Gasteiger partial charge in [0, 0.05) is 24.2 Å². The molecule has 0 aromatic carbocycles. The highest BCUT2D eigenvalue weighted by Crippen LogP contribution is 2.32. The minimum Gasteiger partial charge on any atom is -0.468 e. The molecule has 22 heavy (non-hydrogen) atoms. The number of amides is 1. The number of carbonyl (C=O) groups is 1. The summed E-state index contributed by atoms with van der Waals surface area (Å²) in [5.74, 6) is 1.21. The number of rotatable bonds is 4. The first-order valence-electron chi connectivity index (χ1n) is 7.54. The fraction of sp³-hybridized carbons (Fsp3) is 0.438. The van der Waals surface area contributed by atoms with Crippen molar-refractivity contribution in [1.82, 2.24) is 10.6 Å². The summed E-state index contributed by atoms with van der Waals surface area (Å²) in [5.41, 5.74) is 0. The van der Waals surface area contributed by atoms with Crippen LogP contribution in [0, 0.1) is 0 Å². The van der Waals surface area contributed by atoms with Crippen LogP contribution in [-0.2, 0) is 0 Å². The van der Waals surface area contributed by atoms with Gasteiger partial charge in [0.2, 0.25) is 0 Å². The molecular weight excluding hydrogens is 300 g/mol. The molecule has 2 aliphatic heterocycles.